The number of hydrogen-bond donors (Lipinski definition) is 1. The van der Waals surface area contributed by atoms with Gasteiger partial charge in [-0.1, -0.05) is 0 Å². The number of hydrogen-bond acceptors (Lipinski definition) is 7. The van der Waals surface area contributed by atoms with Gasteiger partial charge in [0.1, 0.15) is 0 Å². The van der Waals surface area contributed by atoms with Gasteiger partial charge in [-0.25, -0.2) is 9.31 Å². The van der Waals surface area contributed by atoms with Crippen molar-refractivity contribution in [3.05, 3.63) is 6.33 Å². The van der Waals surface area contributed by atoms with Gasteiger partial charge in [0.05, 0.1) is 6.54 Å². The number of carbonyl (C=O) groups excluding carboxylic acids is 2. The van der Waals surface area contributed by atoms with Gasteiger partial charge in [-0.05, 0) is 10.4 Å². The van der Waals surface area contributed by atoms with E-state index in [1.807, 2.05) is 0 Å². The third-order valence-electron chi connectivity index (χ3n) is 2.32. The van der Waals surface area contributed by atoms with Crippen molar-refractivity contribution < 1.29 is 22.6 Å². The van der Waals surface area contributed by atoms with Gasteiger partial charge >= 0.3 is 39.9 Å². The van der Waals surface area contributed by atoms with E-state index in [0.29, 0.717) is 0 Å². The van der Waals surface area contributed by atoms with Gasteiger partial charge in [-0.15, -0.1) is 9.89 Å². The Bertz CT molecular complexity index is 587. The monoisotopic (exact) mass is 300 g/mol. The predicted molar refractivity (Wildman–Crippen MR) is 60.9 cm³/mol. The molecule has 1 unspecified atom stereocenters. The molecule has 2 amide bonds. The number of β-lactam (4-membered cyclic amide) rings is 1. The molecule has 2 heterocycles. The van der Waals surface area contributed by atoms with E-state index in [4.69, 9.17) is 4.55 Å². The van der Waals surface area contributed by atoms with Gasteiger partial charge in [0.25, 0.3) is 5.91 Å². The zero-order valence-corrected chi connectivity index (χ0v) is 9.85. The first-order chi connectivity index (χ1) is 8.32. The van der Waals surface area contributed by atoms with E-state index in [9.17, 15) is 18.0 Å². The van der Waals surface area contributed by atoms with E-state index in [2.05, 4.69) is 15.5 Å². The van der Waals surface area contributed by atoms with Crippen molar-refractivity contribution in [1.82, 2.24) is 24.6 Å². The van der Waals surface area contributed by atoms with E-state index in [-0.39, 0.29) is 40.4 Å². The summed E-state index contributed by atoms with van der Waals surface area (Å²) in [5, 5.41) is 10.9. The molecule has 1 aromatic rings. The van der Waals surface area contributed by atoms with E-state index in [0.717, 1.165) is 16.1 Å². The second-order valence-electron chi connectivity index (χ2n) is 3.46. The molecule has 1 N–H and O–H groups in total. The fourth-order valence-electron chi connectivity index (χ4n) is 1.53. The molecule has 1 aliphatic rings. The average molecular weight is 300 g/mol. The maximum absolute atomic E-state index is 11.6. The Morgan fingerprint density at radius 2 is 2.21 bits per heavy atom. The fraction of sp³-hybridized carbons (Fsp3) is 0.500. The van der Waals surface area contributed by atoms with Gasteiger partial charge in [-0.3, -0.25) is 14.1 Å². The SMILES string of the molecule is CC(=O)N(C1CN(S(=O)(=O)O)C1=O)n1cnnn1.[NaH]. The summed E-state index contributed by atoms with van der Waals surface area (Å²) in [4.78, 5) is 23.9. The number of nitrogens with zero attached hydrogens (tertiary/aromatic N) is 6. The van der Waals surface area contributed by atoms with Crippen LogP contribution in [0.4, 0.5) is 0 Å². The zero-order chi connectivity index (χ0) is 13.5. The van der Waals surface area contributed by atoms with Crippen molar-refractivity contribution in [2.45, 2.75) is 13.0 Å². The molecule has 0 saturated carbocycles. The van der Waals surface area contributed by atoms with Crippen molar-refractivity contribution in [2.24, 2.45) is 0 Å². The topological polar surface area (TPSA) is 139 Å². The first-order valence-corrected chi connectivity index (χ1v) is 6.04. The molecule has 1 aliphatic heterocycles. The second-order valence-corrected chi connectivity index (χ2v) is 4.79. The Balaban J connectivity index is 0.00000180. The van der Waals surface area contributed by atoms with Crippen LogP contribution in [0.3, 0.4) is 0 Å². The molecule has 13 heteroatoms. The summed E-state index contributed by atoms with van der Waals surface area (Å²) in [5.41, 5.74) is 0. The number of amides is 2. The van der Waals surface area contributed by atoms with Crippen molar-refractivity contribution in [1.29, 1.82) is 0 Å². The second kappa shape index (κ2) is 5.50. The molecule has 100 valence electrons. The van der Waals surface area contributed by atoms with E-state index < -0.39 is 28.2 Å². The normalized spacial score (nSPS) is 18.5. The van der Waals surface area contributed by atoms with E-state index in [1.165, 1.54) is 6.92 Å². The third-order valence-corrected chi connectivity index (χ3v) is 3.21. The summed E-state index contributed by atoms with van der Waals surface area (Å²) in [5.74, 6) is -1.47. The first-order valence-electron chi connectivity index (χ1n) is 4.64. The standard InChI is InChI=1S/C6H8N6O5S.Na.H/c1-4(13)12(11-3-7-8-9-11)5-2-10(6(5)14)18(15,16)17;;/h3,5H,2H2,1H3,(H,15,16,17);;. The molecule has 1 fully saturated rings. The van der Waals surface area contributed by atoms with Crippen LogP contribution in [0.5, 0.6) is 0 Å². The Morgan fingerprint density at radius 3 is 2.58 bits per heavy atom. The molecule has 11 nitrogen and oxygen atoms in total. The molecule has 0 radical (unpaired) electrons. The molecule has 0 spiro atoms. The quantitative estimate of drug-likeness (QED) is 0.345. The van der Waals surface area contributed by atoms with E-state index in [1.54, 1.807) is 0 Å². The number of rotatable bonds is 3. The van der Waals surface area contributed by atoms with Crippen molar-refractivity contribution in [3.63, 3.8) is 0 Å². The minimum atomic E-state index is -4.59. The zero-order valence-electron chi connectivity index (χ0n) is 9.03. The van der Waals surface area contributed by atoms with Gasteiger partial charge in [0, 0.05) is 6.92 Å². The molecule has 2 rings (SSSR count). The van der Waals surface area contributed by atoms with Crippen LogP contribution in [0.2, 0.25) is 0 Å². The third kappa shape index (κ3) is 2.92. The van der Waals surface area contributed by atoms with Gasteiger partial charge in [-0.2, -0.15) is 8.42 Å². The Hall–Kier alpha value is -1.08. The van der Waals surface area contributed by atoms with Crippen LogP contribution in [0, 0.1) is 0 Å². The van der Waals surface area contributed by atoms with Crippen molar-refractivity contribution in [3.8, 4) is 0 Å². The summed E-state index contributed by atoms with van der Waals surface area (Å²) >= 11 is 0. The summed E-state index contributed by atoms with van der Waals surface area (Å²) in [6.45, 7) is 0.822. The molecule has 0 aromatic carbocycles. The van der Waals surface area contributed by atoms with Crippen LogP contribution in [-0.2, 0) is 19.9 Å². The average Bonchev–Trinajstić information content (AvgIpc) is 2.73. The van der Waals surface area contributed by atoms with Crippen LogP contribution < -0.4 is 5.01 Å². The molecule has 1 saturated heterocycles. The molecular formula is C6H9N6NaO5S. The molecular weight excluding hydrogens is 291 g/mol. The van der Waals surface area contributed by atoms with Crippen LogP contribution in [0.15, 0.2) is 6.33 Å². The van der Waals surface area contributed by atoms with Crippen LogP contribution in [0.25, 0.3) is 0 Å². The van der Waals surface area contributed by atoms with Gasteiger partial charge in [0.15, 0.2) is 12.4 Å². The number of carbonyl (C=O) groups is 2. The maximum atomic E-state index is 11.6. The summed E-state index contributed by atoms with van der Waals surface area (Å²) < 4.78 is 30.5. The van der Waals surface area contributed by atoms with Crippen molar-refractivity contribution in [2.75, 3.05) is 11.6 Å². The predicted octanol–water partition coefficient (Wildman–Crippen LogP) is -3.48. The molecule has 1 atom stereocenters. The first kappa shape index (κ1) is 16.0. The Morgan fingerprint density at radius 1 is 1.58 bits per heavy atom. The fourth-order valence-corrected chi connectivity index (χ4v) is 2.21. The molecule has 0 aliphatic carbocycles. The van der Waals surface area contributed by atoms with Crippen LogP contribution in [0.1, 0.15) is 6.92 Å². The Kier molecular flexibility index (Phi) is 4.63. The van der Waals surface area contributed by atoms with Crippen molar-refractivity contribution >= 4 is 51.7 Å². The molecule has 0 bridgehead atoms. The number of tetrazole rings is 1. The summed E-state index contributed by atoms with van der Waals surface area (Å²) in [6.07, 6.45) is 1.09. The van der Waals surface area contributed by atoms with E-state index >= 15 is 0 Å². The molecule has 1 aromatic heterocycles. The summed E-state index contributed by atoms with van der Waals surface area (Å²) in [7, 11) is -4.59. The minimum absolute atomic E-state index is 0. The molecule has 19 heavy (non-hydrogen) atoms. The van der Waals surface area contributed by atoms with Gasteiger partial charge in [0.2, 0.25) is 5.91 Å². The van der Waals surface area contributed by atoms with Gasteiger partial charge < -0.3 is 0 Å². The number of aromatic nitrogens is 4. The van der Waals surface area contributed by atoms with Crippen LogP contribution >= 0.6 is 0 Å². The van der Waals surface area contributed by atoms with Crippen LogP contribution in [-0.4, -0.2) is 91.6 Å². The summed E-state index contributed by atoms with van der Waals surface area (Å²) in [6, 6.07) is -1.06. The Labute approximate surface area is 129 Å².